The van der Waals surface area contributed by atoms with Crippen LogP contribution in [0.4, 0.5) is 10.5 Å². The number of anilines is 1. The number of carbonyl (C=O) groups excluding carboxylic acids is 2. The van der Waals surface area contributed by atoms with Crippen molar-refractivity contribution in [2.45, 2.75) is 30.8 Å². The normalized spacial score (nSPS) is 20.1. The molecule has 3 fully saturated rings. The number of carbonyl (C=O) groups is 2. The minimum Gasteiger partial charge on any atom is -0.497 e. The zero-order valence-corrected chi connectivity index (χ0v) is 22.1. The van der Waals surface area contributed by atoms with E-state index in [4.69, 9.17) is 4.74 Å². The van der Waals surface area contributed by atoms with Crippen molar-refractivity contribution in [1.29, 1.82) is 0 Å². The number of likely N-dealkylation sites (N-methyl/N-ethyl adjacent to an activating group) is 1. The lowest BCUT2D eigenvalue weighted by Gasteiger charge is -2.43. The molecule has 2 N–H and O–H groups in total. The number of likely N-dealkylation sites (tertiary alicyclic amines) is 1. The van der Waals surface area contributed by atoms with Gasteiger partial charge in [0.2, 0.25) is 5.91 Å². The van der Waals surface area contributed by atoms with Crippen LogP contribution in [0.15, 0.2) is 48.5 Å². The van der Waals surface area contributed by atoms with Gasteiger partial charge in [0.05, 0.1) is 25.7 Å². The molecule has 1 spiro atoms. The summed E-state index contributed by atoms with van der Waals surface area (Å²) in [5, 5.41) is 0. The molecule has 3 aliphatic heterocycles. The molecule has 37 heavy (non-hydrogen) atoms. The lowest BCUT2D eigenvalue weighted by molar-refractivity contribution is -0.130. The van der Waals surface area contributed by atoms with E-state index in [1.807, 2.05) is 23.1 Å². The second kappa shape index (κ2) is 10.7. The first-order valence-corrected chi connectivity index (χ1v) is 13.1. The van der Waals surface area contributed by atoms with E-state index in [9.17, 15) is 9.59 Å². The largest absolute Gasteiger partial charge is 0.497 e. The molecular formula is C28H38N6O3. The van der Waals surface area contributed by atoms with E-state index >= 15 is 0 Å². The van der Waals surface area contributed by atoms with Crippen molar-refractivity contribution >= 4 is 17.6 Å². The zero-order chi connectivity index (χ0) is 26.0. The second-order valence-corrected chi connectivity index (χ2v) is 10.6. The molecule has 9 nitrogen and oxygen atoms in total. The molecule has 3 heterocycles. The molecule has 3 saturated heterocycles. The summed E-state index contributed by atoms with van der Waals surface area (Å²) in [5.74, 6) is 1.34. The SMILES string of the molecule is COc1cccc(CN2C(=O)N(c3ccc(C4CNNC4)cc3)CC23CCN(CC(=O)N(C)C)CC3)c1. The summed E-state index contributed by atoms with van der Waals surface area (Å²) >= 11 is 0. The number of urea groups is 1. The molecule has 2 aromatic rings. The van der Waals surface area contributed by atoms with Gasteiger partial charge in [-0.05, 0) is 48.2 Å². The van der Waals surface area contributed by atoms with E-state index in [1.54, 1.807) is 26.1 Å². The van der Waals surface area contributed by atoms with Crippen LogP contribution in [0.5, 0.6) is 5.75 Å². The molecular weight excluding hydrogens is 468 g/mol. The molecule has 0 bridgehead atoms. The van der Waals surface area contributed by atoms with Gasteiger partial charge in [-0.1, -0.05) is 24.3 Å². The summed E-state index contributed by atoms with van der Waals surface area (Å²) < 4.78 is 5.43. The molecule has 3 aliphatic rings. The Morgan fingerprint density at radius 2 is 1.78 bits per heavy atom. The lowest BCUT2D eigenvalue weighted by Crippen LogP contribution is -2.55. The van der Waals surface area contributed by atoms with Gasteiger partial charge in [0.15, 0.2) is 0 Å². The first-order valence-electron chi connectivity index (χ1n) is 13.1. The number of nitrogens with zero attached hydrogens (tertiary/aromatic N) is 4. The van der Waals surface area contributed by atoms with Crippen LogP contribution in [0, 0.1) is 0 Å². The van der Waals surface area contributed by atoms with Gasteiger partial charge in [-0.2, -0.15) is 0 Å². The number of piperidine rings is 1. The first kappa shape index (κ1) is 25.5. The maximum atomic E-state index is 14.0. The van der Waals surface area contributed by atoms with Gasteiger partial charge in [-0.3, -0.25) is 25.4 Å². The Kier molecular flexibility index (Phi) is 7.37. The van der Waals surface area contributed by atoms with E-state index in [0.29, 0.717) is 25.6 Å². The van der Waals surface area contributed by atoms with E-state index in [2.05, 4.69) is 51.0 Å². The van der Waals surface area contributed by atoms with Gasteiger partial charge in [-0.25, -0.2) is 4.79 Å². The van der Waals surface area contributed by atoms with Crippen LogP contribution in [0.1, 0.15) is 29.9 Å². The summed E-state index contributed by atoms with van der Waals surface area (Å²) in [6.45, 7) is 4.99. The topological polar surface area (TPSA) is 80.4 Å². The fourth-order valence-corrected chi connectivity index (χ4v) is 5.70. The van der Waals surface area contributed by atoms with Crippen LogP contribution in [0.2, 0.25) is 0 Å². The van der Waals surface area contributed by atoms with Gasteiger partial charge in [-0.15, -0.1) is 0 Å². The predicted octanol–water partition coefficient (Wildman–Crippen LogP) is 2.25. The van der Waals surface area contributed by atoms with Crippen LogP contribution in [-0.2, 0) is 11.3 Å². The maximum Gasteiger partial charge on any atom is 0.325 e. The summed E-state index contributed by atoms with van der Waals surface area (Å²) in [6, 6.07) is 16.5. The summed E-state index contributed by atoms with van der Waals surface area (Å²) in [6.07, 6.45) is 1.66. The minimum atomic E-state index is -0.282. The van der Waals surface area contributed by atoms with Crippen molar-refractivity contribution < 1.29 is 14.3 Å². The van der Waals surface area contributed by atoms with Crippen molar-refractivity contribution in [2.24, 2.45) is 0 Å². The van der Waals surface area contributed by atoms with Gasteiger partial charge in [0, 0.05) is 58.4 Å². The van der Waals surface area contributed by atoms with E-state index < -0.39 is 0 Å². The highest BCUT2D eigenvalue weighted by atomic mass is 16.5. The lowest BCUT2D eigenvalue weighted by atomic mass is 9.86. The van der Waals surface area contributed by atoms with Crippen LogP contribution < -0.4 is 20.5 Å². The van der Waals surface area contributed by atoms with Gasteiger partial charge in [0.25, 0.3) is 0 Å². The number of rotatable bonds is 7. The number of methoxy groups -OCH3 is 1. The van der Waals surface area contributed by atoms with Crippen LogP contribution in [0.25, 0.3) is 0 Å². The number of benzene rings is 2. The Balaban J connectivity index is 1.38. The summed E-state index contributed by atoms with van der Waals surface area (Å²) in [4.78, 5) is 34.1. The van der Waals surface area contributed by atoms with Crippen LogP contribution >= 0.6 is 0 Å². The molecule has 3 amide bonds. The quantitative estimate of drug-likeness (QED) is 0.600. The fourth-order valence-electron chi connectivity index (χ4n) is 5.70. The Morgan fingerprint density at radius 1 is 1.08 bits per heavy atom. The molecule has 0 aliphatic carbocycles. The Hall–Kier alpha value is -3.14. The fraction of sp³-hybridized carbons (Fsp3) is 0.500. The van der Waals surface area contributed by atoms with Crippen LogP contribution in [-0.4, -0.2) is 92.7 Å². The number of nitrogens with one attached hydrogen (secondary N) is 2. The average molecular weight is 507 g/mol. The zero-order valence-electron chi connectivity index (χ0n) is 22.1. The van der Waals surface area contributed by atoms with Gasteiger partial charge < -0.3 is 14.5 Å². The number of hydrogen-bond acceptors (Lipinski definition) is 6. The van der Waals surface area contributed by atoms with Crippen molar-refractivity contribution in [3.63, 3.8) is 0 Å². The average Bonchev–Trinajstić information content (AvgIpc) is 3.54. The molecule has 2 aromatic carbocycles. The molecule has 198 valence electrons. The molecule has 0 saturated carbocycles. The third-order valence-electron chi connectivity index (χ3n) is 8.10. The summed E-state index contributed by atoms with van der Waals surface area (Å²) in [5.41, 5.74) is 9.35. The first-order chi connectivity index (χ1) is 17.9. The molecule has 0 atom stereocenters. The van der Waals surface area contributed by atoms with Crippen molar-refractivity contribution in [3.8, 4) is 5.75 Å². The molecule has 0 aromatic heterocycles. The van der Waals surface area contributed by atoms with Crippen molar-refractivity contribution in [2.75, 3.05) is 65.4 Å². The number of ether oxygens (including phenoxy) is 1. The molecule has 0 unspecified atom stereocenters. The highest BCUT2D eigenvalue weighted by Gasteiger charge is 2.51. The third kappa shape index (κ3) is 5.30. The third-order valence-corrected chi connectivity index (χ3v) is 8.10. The highest BCUT2D eigenvalue weighted by Crippen LogP contribution is 2.40. The van der Waals surface area contributed by atoms with Crippen molar-refractivity contribution in [1.82, 2.24) is 25.6 Å². The van der Waals surface area contributed by atoms with E-state index in [-0.39, 0.29) is 17.5 Å². The monoisotopic (exact) mass is 506 g/mol. The number of hydrazine groups is 1. The van der Waals surface area contributed by atoms with Crippen molar-refractivity contribution in [3.05, 3.63) is 59.7 Å². The molecule has 9 heteroatoms. The second-order valence-electron chi connectivity index (χ2n) is 10.6. The van der Waals surface area contributed by atoms with E-state index in [0.717, 1.165) is 56.0 Å². The standard InChI is InChI=1S/C28H38N6O3/c1-31(2)26(35)19-32-13-11-28(12-14-32)20-33(24-9-7-22(8-10-24)23-16-29-30-17-23)27(36)34(28)18-21-5-4-6-25(15-21)37-3/h4-10,15,23,29-30H,11-14,16-20H2,1-3H3. The Labute approximate surface area is 219 Å². The minimum absolute atomic E-state index is 0.0394. The Bertz CT molecular complexity index is 1110. The summed E-state index contributed by atoms with van der Waals surface area (Å²) in [7, 11) is 5.25. The van der Waals surface area contributed by atoms with Gasteiger partial charge >= 0.3 is 6.03 Å². The number of hydrogen-bond donors (Lipinski definition) is 2. The molecule has 0 radical (unpaired) electrons. The molecule has 5 rings (SSSR count). The smallest absolute Gasteiger partial charge is 0.325 e. The Morgan fingerprint density at radius 3 is 2.43 bits per heavy atom. The van der Waals surface area contributed by atoms with E-state index in [1.165, 1.54) is 5.56 Å². The predicted molar refractivity (Wildman–Crippen MR) is 144 cm³/mol. The van der Waals surface area contributed by atoms with Gasteiger partial charge in [0.1, 0.15) is 5.75 Å². The maximum absolute atomic E-state index is 14.0. The van der Waals surface area contributed by atoms with Crippen LogP contribution in [0.3, 0.4) is 0 Å². The highest BCUT2D eigenvalue weighted by molar-refractivity contribution is 5.95. The number of amides is 3.